The van der Waals surface area contributed by atoms with Crippen LogP contribution >= 0.6 is 19.9 Å². The van der Waals surface area contributed by atoms with Crippen molar-refractivity contribution >= 4 is 98.5 Å². The minimum absolute atomic E-state index is 0.0771. The molecule has 0 aliphatic carbocycles. The van der Waals surface area contributed by atoms with Crippen molar-refractivity contribution in [1.82, 2.24) is 15.1 Å². The van der Waals surface area contributed by atoms with Crippen LogP contribution in [0.15, 0.2) is 41.3 Å². The maximum absolute atomic E-state index is 14.5. The highest BCUT2D eigenvalue weighted by atomic mass is 32.2. The molecule has 2 aliphatic heterocycles. The Kier molecular flexibility index (Phi) is 10.7. The Labute approximate surface area is 329 Å². The summed E-state index contributed by atoms with van der Waals surface area (Å²) in [6.07, 6.45) is 2.61. The Hall–Kier alpha value is -4.84. The lowest BCUT2D eigenvalue weighted by Gasteiger charge is -2.35. The fourth-order valence-corrected chi connectivity index (χ4v) is 10.6. The first-order valence-electron chi connectivity index (χ1n) is 18.9. The van der Waals surface area contributed by atoms with E-state index in [0.29, 0.717) is 108 Å². The maximum Gasteiger partial charge on any atom is 0.327 e. The van der Waals surface area contributed by atoms with E-state index in [2.05, 4.69) is 5.32 Å². The van der Waals surface area contributed by atoms with Gasteiger partial charge in [0.2, 0.25) is 5.91 Å². The molecule has 0 saturated heterocycles. The van der Waals surface area contributed by atoms with Gasteiger partial charge in [-0.3, -0.25) is 33.8 Å². The number of carboxylic acids is 1. The van der Waals surface area contributed by atoms with Gasteiger partial charge < -0.3 is 19.7 Å². The van der Waals surface area contributed by atoms with Gasteiger partial charge >= 0.3 is 5.97 Å². The second kappa shape index (κ2) is 15.2. The van der Waals surface area contributed by atoms with Crippen LogP contribution in [0.5, 0.6) is 5.75 Å². The van der Waals surface area contributed by atoms with Crippen molar-refractivity contribution in [3.8, 4) is 5.75 Å². The van der Waals surface area contributed by atoms with Crippen molar-refractivity contribution in [2.45, 2.75) is 83.3 Å². The number of thioether (sulfide) groups is 1. The summed E-state index contributed by atoms with van der Waals surface area (Å²) in [6, 6.07) is 8.68. The van der Waals surface area contributed by atoms with Gasteiger partial charge in [-0.05, 0) is 67.4 Å². The number of fused-ring (bicyclic) bond motifs is 2. The molecule has 2 N–H and O–H groups in total. The average Bonchev–Trinajstić information content (AvgIpc) is 3.17. The number of amides is 5. The number of ether oxygens (including phenoxy) is 1. The quantitative estimate of drug-likeness (QED) is 0.0350. The van der Waals surface area contributed by atoms with Gasteiger partial charge in [0.15, 0.2) is 0 Å². The molecule has 0 aromatic heterocycles. The Morgan fingerprint density at radius 1 is 0.732 bits per heavy atom. The number of nitrogens with zero attached hydrogens (tertiary/aromatic N) is 2. The Morgan fingerprint density at radius 3 is 1.70 bits per heavy atom. The second-order valence-electron chi connectivity index (χ2n) is 14.4. The summed E-state index contributed by atoms with van der Waals surface area (Å²) < 4.78 is 12.1. The molecule has 2 aliphatic rings. The van der Waals surface area contributed by atoms with Crippen LogP contribution in [0.3, 0.4) is 0 Å². The van der Waals surface area contributed by atoms with E-state index in [1.807, 2.05) is 46.5 Å². The first-order valence-corrected chi connectivity index (χ1v) is 21.7. The number of carbonyl (C=O) groups is 6. The minimum atomic E-state index is -1.24. The predicted molar refractivity (Wildman–Crippen MR) is 219 cm³/mol. The topological polar surface area (TPSA) is 160 Å². The molecule has 0 bridgehead atoms. The third-order valence-electron chi connectivity index (χ3n) is 11.1. The Balaban J connectivity index is 1.64. The zero-order chi connectivity index (χ0) is 40.3. The first kappa shape index (κ1) is 39.4. The number of hydrogen-bond acceptors (Lipinski definition) is 9. The van der Waals surface area contributed by atoms with Gasteiger partial charge in [0, 0.05) is 85.8 Å². The molecule has 5 aromatic carbocycles. The number of nitrogens with one attached hydrogen (secondary N) is 1. The zero-order valence-electron chi connectivity index (χ0n) is 32.4. The fourth-order valence-electron chi connectivity index (χ4n) is 8.56. The molecule has 0 fully saturated rings. The standard InChI is InChI=1S/C42H44N3O9PS/c1-8-21(9-2)44-38(47)25-15-13-24-35-31(56-18-29(42(51)52)43-20(5)46)17-28-33-26(39(48)45(41(28)50)22(10-3)11-4)14-12-23(37(33)35)34-30(54-55(7)19-53-6)16-27(40(44)49)32(25)36(24)34/h12-17,21-22,29H,8-11,18-19H2,1-7H3,(H,43,46)(H,51,52). The fraction of sp³-hybridized carbons (Fsp3) is 0.381. The summed E-state index contributed by atoms with van der Waals surface area (Å²) in [7, 11) is 0.386. The number of methoxy groups -OCH3 is 1. The molecule has 5 amide bonds. The van der Waals surface area contributed by atoms with E-state index in [0.717, 1.165) is 0 Å². The molecule has 292 valence electrons. The van der Waals surface area contributed by atoms with Crippen LogP contribution < -0.4 is 9.84 Å². The lowest BCUT2D eigenvalue weighted by atomic mass is 9.81. The molecule has 2 atom stereocenters. The van der Waals surface area contributed by atoms with Crippen molar-refractivity contribution in [2.24, 2.45) is 0 Å². The van der Waals surface area contributed by atoms with Gasteiger partial charge in [-0.25, -0.2) is 4.79 Å². The van der Waals surface area contributed by atoms with Crippen LogP contribution in [-0.2, 0) is 14.3 Å². The van der Waals surface area contributed by atoms with Crippen LogP contribution in [0.1, 0.15) is 102 Å². The SMILES string of the molecule is CCC(CC)N1C(=O)c2ccc3c4c(SCC(NC(C)=O)C(=O)O)cc5c6c(ccc(c7c(OP(C)COC)cc(c2c37)C1=O)c64)C(=O)N(C(CC)CC)C5=O. The molecule has 7 rings (SSSR count). The number of aliphatic carboxylic acids is 1. The van der Waals surface area contributed by atoms with Crippen molar-refractivity contribution in [2.75, 3.05) is 25.9 Å². The summed E-state index contributed by atoms with van der Waals surface area (Å²) >= 11 is 1.17. The van der Waals surface area contributed by atoms with Crippen molar-refractivity contribution < 1.29 is 43.1 Å². The van der Waals surface area contributed by atoms with Crippen LogP contribution in [0.2, 0.25) is 0 Å². The number of benzene rings is 5. The van der Waals surface area contributed by atoms with Gasteiger partial charge in [0.1, 0.15) is 26.3 Å². The molecular formula is C42H44N3O9PS. The highest BCUT2D eigenvalue weighted by molar-refractivity contribution is 7.99. The summed E-state index contributed by atoms with van der Waals surface area (Å²) in [4.78, 5) is 85.2. The predicted octanol–water partition coefficient (Wildman–Crippen LogP) is 8.00. The summed E-state index contributed by atoms with van der Waals surface area (Å²) in [5.74, 6) is -3.03. The zero-order valence-corrected chi connectivity index (χ0v) is 34.1. The summed E-state index contributed by atoms with van der Waals surface area (Å²) in [6.45, 7) is 10.9. The molecule has 2 heterocycles. The Morgan fingerprint density at radius 2 is 1.21 bits per heavy atom. The normalized spacial score (nSPS) is 15.4. The third-order valence-corrected chi connectivity index (χ3v) is 13.4. The maximum atomic E-state index is 14.5. The van der Waals surface area contributed by atoms with Crippen molar-refractivity contribution in [3.63, 3.8) is 0 Å². The molecular weight excluding hydrogens is 754 g/mol. The second-order valence-corrected chi connectivity index (χ2v) is 17.1. The van der Waals surface area contributed by atoms with Crippen LogP contribution in [0.4, 0.5) is 0 Å². The van der Waals surface area contributed by atoms with Gasteiger partial charge in [0.05, 0.1) is 5.56 Å². The van der Waals surface area contributed by atoms with Crippen LogP contribution in [0, 0.1) is 0 Å². The molecule has 0 saturated carbocycles. The van der Waals surface area contributed by atoms with E-state index in [-0.39, 0.29) is 23.7 Å². The monoisotopic (exact) mass is 797 g/mol. The van der Waals surface area contributed by atoms with Crippen molar-refractivity contribution in [3.05, 3.63) is 58.7 Å². The smallest absolute Gasteiger partial charge is 0.327 e. The number of carbonyl (C=O) groups excluding carboxylic acids is 5. The van der Waals surface area contributed by atoms with Crippen LogP contribution in [0.25, 0.3) is 43.1 Å². The summed E-state index contributed by atoms with van der Waals surface area (Å²) in [5.41, 5.74) is 1.37. The molecule has 0 radical (unpaired) electrons. The number of imide groups is 2. The van der Waals surface area contributed by atoms with Gasteiger partial charge in [-0.1, -0.05) is 39.8 Å². The lowest BCUT2D eigenvalue weighted by molar-refractivity contribution is -0.140. The number of rotatable bonds is 15. The summed E-state index contributed by atoms with van der Waals surface area (Å²) in [5, 5.41) is 17.3. The van der Waals surface area contributed by atoms with Gasteiger partial charge in [0.25, 0.3) is 23.6 Å². The molecule has 2 unspecified atom stereocenters. The average molecular weight is 798 g/mol. The minimum Gasteiger partial charge on any atom is -0.480 e. The van der Waals surface area contributed by atoms with E-state index in [1.165, 1.54) is 28.5 Å². The number of hydrogen-bond donors (Lipinski definition) is 2. The van der Waals surface area contributed by atoms with E-state index in [1.54, 1.807) is 31.4 Å². The van der Waals surface area contributed by atoms with Crippen molar-refractivity contribution in [1.29, 1.82) is 0 Å². The first-order chi connectivity index (χ1) is 26.8. The van der Waals surface area contributed by atoms with Crippen LogP contribution in [-0.4, -0.2) is 94.4 Å². The molecule has 56 heavy (non-hydrogen) atoms. The highest BCUT2D eigenvalue weighted by Crippen LogP contribution is 2.53. The van der Waals surface area contributed by atoms with Gasteiger partial charge in [-0.15, -0.1) is 11.8 Å². The van der Waals surface area contributed by atoms with Gasteiger partial charge in [-0.2, -0.15) is 0 Å². The third kappa shape index (κ3) is 6.06. The number of carboxylic acid groups (broad SMARTS) is 1. The van der Waals surface area contributed by atoms with E-state index < -0.39 is 43.8 Å². The van der Waals surface area contributed by atoms with E-state index >= 15 is 0 Å². The van der Waals surface area contributed by atoms with E-state index in [4.69, 9.17) is 9.26 Å². The molecule has 5 aromatic rings. The Bertz CT molecular complexity index is 2500. The molecule has 0 spiro atoms. The highest BCUT2D eigenvalue weighted by Gasteiger charge is 2.41. The largest absolute Gasteiger partial charge is 0.480 e. The lowest BCUT2D eigenvalue weighted by Crippen LogP contribution is -2.46. The van der Waals surface area contributed by atoms with E-state index in [9.17, 15) is 33.9 Å². The molecule has 12 nitrogen and oxygen atoms in total. The molecule has 14 heteroatoms.